The van der Waals surface area contributed by atoms with Crippen LogP contribution in [0.25, 0.3) is 11.0 Å². The van der Waals surface area contributed by atoms with Gasteiger partial charge in [0.1, 0.15) is 16.9 Å². The van der Waals surface area contributed by atoms with Crippen molar-refractivity contribution in [1.82, 2.24) is 0 Å². The van der Waals surface area contributed by atoms with Crippen LogP contribution in [0.2, 0.25) is 0 Å². The number of hydrogen-bond acceptors (Lipinski definition) is 4. The van der Waals surface area contributed by atoms with Crippen molar-refractivity contribution >= 4 is 32.6 Å². The minimum absolute atomic E-state index is 0.0532. The van der Waals surface area contributed by atoms with Crippen LogP contribution in [0.1, 0.15) is 30.0 Å². The second kappa shape index (κ2) is 5.16. The monoisotopic (exact) mass is 297 g/mol. The molecule has 2 N–H and O–H groups in total. The fourth-order valence-electron chi connectivity index (χ4n) is 1.95. The molecule has 1 heterocycles. The van der Waals surface area contributed by atoms with Gasteiger partial charge in [-0.05, 0) is 25.1 Å². The summed E-state index contributed by atoms with van der Waals surface area (Å²) in [7, 11) is -3.40. The zero-order valence-corrected chi connectivity index (χ0v) is 12.0. The Balaban J connectivity index is 2.58. The molecule has 7 heteroatoms. The van der Waals surface area contributed by atoms with E-state index in [-0.39, 0.29) is 11.3 Å². The van der Waals surface area contributed by atoms with Gasteiger partial charge in [0, 0.05) is 17.5 Å². The van der Waals surface area contributed by atoms with E-state index in [2.05, 4.69) is 4.72 Å². The van der Waals surface area contributed by atoms with E-state index in [1.165, 1.54) is 13.0 Å². The van der Waals surface area contributed by atoms with E-state index in [0.29, 0.717) is 28.8 Å². The molecule has 0 fully saturated rings. The summed E-state index contributed by atoms with van der Waals surface area (Å²) in [4.78, 5) is 11.3. The van der Waals surface area contributed by atoms with Gasteiger partial charge in [-0.25, -0.2) is 13.2 Å². The third-order valence-corrected chi connectivity index (χ3v) is 4.26. The van der Waals surface area contributed by atoms with Gasteiger partial charge in [0.05, 0.1) is 5.75 Å². The zero-order valence-electron chi connectivity index (χ0n) is 11.1. The van der Waals surface area contributed by atoms with Crippen LogP contribution in [0, 0.1) is 0 Å². The largest absolute Gasteiger partial charge is 0.478 e. The number of nitrogens with one attached hydrogen (secondary N) is 1. The maximum atomic E-state index is 11.5. The number of benzene rings is 1. The second-order valence-electron chi connectivity index (χ2n) is 4.28. The highest BCUT2D eigenvalue weighted by Gasteiger charge is 2.19. The van der Waals surface area contributed by atoms with Crippen LogP contribution in [-0.4, -0.2) is 25.2 Å². The van der Waals surface area contributed by atoms with Crippen molar-refractivity contribution in [2.75, 3.05) is 10.5 Å². The van der Waals surface area contributed by atoms with Crippen molar-refractivity contribution in [1.29, 1.82) is 0 Å². The highest BCUT2D eigenvalue weighted by Crippen LogP contribution is 2.29. The molecule has 0 aliphatic rings. The quantitative estimate of drug-likeness (QED) is 0.883. The van der Waals surface area contributed by atoms with Crippen LogP contribution >= 0.6 is 0 Å². The summed E-state index contributed by atoms with van der Waals surface area (Å²) in [5.74, 6) is -0.762. The minimum atomic E-state index is -3.40. The summed E-state index contributed by atoms with van der Waals surface area (Å²) in [6, 6.07) is 4.59. The Morgan fingerprint density at radius 1 is 1.35 bits per heavy atom. The lowest BCUT2D eigenvalue weighted by atomic mass is 10.1. The average Bonchev–Trinajstić information content (AvgIpc) is 2.76. The van der Waals surface area contributed by atoms with E-state index in [1.807, 2.05) is 0 Å². The average molecular weight is 297 g/mol. The molecule has 0 aliphatic carbocycles. The van der Waals surface area contributed by atoms with Crippen molar-refractivity contribution in [3.8, 4) is 0 Å². The second-order valence-corrected chi connectivity index (χ2v) is 6.29. The Morgan fingerprint density at radius 2 is 2.05 bits per heavy atom. The maximum Gasteiger partial charge on any atom is 0.339 e. The van der Waals surface area contributed by atoms with Crippen LogP contribution in [-0.2, 0) is 16.4 Å². The molecule has 0 aliphatic heterocycles. The fraction of sp³-hybridized carbons (Fsp3) is 0.308. The minimum Gasteiger partial charge on any atom is -0.478 e. The molecule has 0 spiro atoms. The predicted octanol–water partition coefficient (Wildman–Crippen LogP) is 2.46. The van der Waals surface area contributed by atoms with Crippen LogP contribution in [0.5, 0.6) is 0 Å². The Bertz CT molecular complexity index is 760. The van der Waals surface area contributed by atoms with E-state index in [4.69, 9.17) is 4.42 Å². The van der Waals surface area contributed by atoms with Crippen LogP contribution < -0.4 is 4.72 Å². The molecule has 0 saturated heterocycles. The molecule has 108 valence electrons. The molecule has 6 nitrogen and oxygen atoms in total. The van der Waals surface area contributed by atoms with Crippen molar-refractivity contribution in [3.05, 3.63) is 29.5 Å². The molecule has 2 aromatic rings. The molecular formula is C13H15NO5S. The van der Waals surface area contributed by atoms with Gasteiger partial charge in [-0.2, -0.15) is 0 Å². The van der Waals surface area contributed by atoms with Gasteiger partial charge in [-0.15, -0.1) is 0 Å². The standard InChI is InChI=1S/C13H15NO5S/c1-3-10-12(13(15)16)9-7-8(5-6-11(9)19-10)14-20(17,18)4-2/h5-7,14H,3-4H2,1-2H3,(H,15,16). The SMILES string of the molecule is CCc1oc2ccc(NS(=O)(=O)CC)cc2c1C(=O)O. The van der Waals surface area contributed by atoms with Crippen molar-refractivity contribution in [3.63, 3.8) is 0 Å². The Kier molecular flexibility index (Phi) is 3.71. The number of rotatable bonds is 5. The first-order valence-electron chi connectivity index (χ1n) is 6.17. The number of carboxylic acids is 1. The van der Waals surface area contributed by atoms with Crippen molar-refractivity contribution in [2.45, 2.75) is 20.3 Å². The van der Waals surface area contributed by atoms with E-state index in [1.54, 1.807) is 19.1 Å². The summed E-state index contributed by atoms with van der Waals surface area (Å²) < 4.78 is 30.9. The molecular weight excluding hydrogens is 282 g/mol. The number of aromatic carboxylic acids is 1. The third kappa shape index (κ3) is 2.62. The molecule has 20 heavy (non-hydrogen) atoms. The first-order valence-corrected chi connectivity index (χ1v) is 7.82. The first kappa shape index (κ1) is 14.4. The van der Waals surface area contributed by atoms with E-state index in [0.717, 1.165) is 0 Å². The number of furan rings is 1. The van der Waals surface area contributed by atoms with E-state index < -0.39 is 16.0 Å². The number of hydrogen-bond donors (Lipinski definition) is 2. The summed E-state index contributed by atoms with van der Waals surface area (Å²) in [6.45, 7) is 3.32. The van der Waals surface area contributed by atoms with Gasteiger partial charge < -0.3 is 9.52 Å². The fourth-order valence-corrected chi connectivity index (χ4v) is 2.58. The van der Waals surface area contributed by atoms with Crippen LogP contribution in [0.15, 0.2) is 22.6 Å². The maximum absolute atomic E-state index is 11.5. The number of carboxylic acid groups (broad SMARTS) is 1. The number of fused-ring (bicyclic) bond motifs is 1. The van der Waals surface area contributed by atoms with Crippen molar-refractivity contribution in [2.24, 2.45) is 0 Å². The summed E-state index contributed by atoms with van der Waals surface area (Å²) in [6.07, 6.45) is 0.451. The molecule has 1 aromatic heterocycles. The summed E-state index contributed by atoms with van der Waals surface area (Å²) >= 11 is 0. The molecule has 0 radical (unpaired) electrons. The highest BCUT2D eigenvalue weighted by atomic mass is 32.2. The van der Waals surface area contributed by atoms with E-state index >= 15 is 0 Å². The number of sulfonamides is 1. The number of aryl methyl sites for hydroxylation is 1. The first-order chi connectivity index (χ1) is 9.38. The highest BCUT2D eigenvalue weighted by molar-refractivity contribution is 7.92. The Hall–Kier alpha value is -2.02. The molecule has 0 amide bonds. The molecule has 0 unspecified atom stereocenters. The lowest BCUT2D eigenvalue weighted by molar-refractivity contribution is 0.0696. The van der Waals surface area contributed by atoms with Gasteiger partial charge in [0.2, 0.25) is 10.0 Å². The lowest BCUT2D eigenvalue weighted by Crippen LogP contribution is -2.14. The topological polar surface area (TPSA) is 96.6 Å². The molecule has 0 atom stereocenters. The molecule has 0 saturated carbocycles. The summed E-state index contributed by atoms with van der Waals surface area (Å²) in [5, 5.41) is 9.65. The molecule has 1 aromatic carbocycles. The molecule has 2 rings (SSSR count). The Labute approximate surface area is 116 Å². The zero-order chi connectivity index (χ0) is 14.9. The molecule has 0 bridgehead atoms. The van der Waals surface area contributed by atoms with Crippen LogP contribution in [0.4, 0.5) is 5.69 Å². The Morgan fingerprint density at radius 3 is 2.60 bits per heavy atom. The smallest absolute Gasteiger partial charge is 0.339 e. The van der Waals surface area contributed by atoms with Gasteiger partial charge in [-0.1, -0.05) is 6.92 Å². The van der Waals surface area contributed by atoms with Gasteiger partial charge in [0.25, 0.3) is 0 Å². The summed E-state index contributed by atoms with van der Waals surface area (Å²) in [5.41, 5.74) is 0.837. The van der Waals surface area contributed by atoms with Gasteiger partial charge in [0.15, 0.2) is 0 Å². The van der Waals surface area contributed by atoms with Gasteiger partial charge >= 0.3 is 5.97 Å². The normalized spacial score (nSPS) is 11.7. The van der Waals surface area contributed by atoms with E-state index in [9.17, 15) is 18.3 Å². The number of anilines is 1. The lowest BCUT2D eigenvalue weighted by Gasteiger charge is -2.05. The predicted molar refractivity (Wildman–Crippen MR) is 75.6 cm³/mol. The van der Waals surface area contributed by atoms with Gasteiger partial charge in [-0.3, -0.25) is 4.72 Å². The number of carbonyl (C=O) groups is 1. The third-order valence-electron chi connectivity index (χ3n) is 2.95. The van der Waals surface area contributed by atoms with Crippen LogP contribution in [0.3, 0.4) is 0 Å². The van der Waals surface area contributed by atoms with Crippen molar-refractivity contribution < 1.29 is 22.7 Å².